The van der Waals surface area contributed by atoms with Crippen LogP contribution in [0.4, 0.5) is 5.69 Å². The molecule has 0 radical (unpaired) electrons. The summed E-state index contributed by atoms with van der Waals surface area (Å²) >= 11 is 0. The molecule has 2 N–H and O–H groups in total. The number of benzene rings is 1. The molecule has 0 atom stereocenters. The Hall–Kier alpha value is -2.08. The Morgan fingerprint density at radius 2 is 1.78 bits per heavy atom. The van der Waals surface area contributed by atoms with Crippen LogP contribution in [0.15, 0.2) is 30.3 Å². The number of anilines is 1. The summed E-state index contributed by atoms with van der Waals surface area (Å²) in [4.78, 5) is 23.9. The number of nitrogens with zero attached hydrogens (tertiary/aromatic N) is 2. The van der Waals surface area contributed by atoms with E-state index >= 15 is 0 Å². The van der Waals surface area contributed by atoms with Crippen molar-refractivity contribution in [3.05, 3.63) is 30.3 Å². The molecule has 6 heteroatoms. The number of hydrogen-bond donors (Lipinski definition) is 2. The van der Waals surface area contributed by atoms with E-state index in [9.17, 15) is 9.59 Å². The van der Waals surface area contributed by atoms with E-state index in [2.05, 4.69) is 5.43 Å². The molecule has 0 aromatic heterocycles. The monoisotopic (exact) mass is 251 g/mol. The van der Waals surface area contributed by atoms with Gasteiger partial charge in [0, 0.05) is 19.8 Å². The molecule has 0 aliphatic heterocycles. The summed E-state index contributed by atoms with van der Waals surface area (Å²) < 4.78 is 0. The van der Waals surface area contributed by atoms with Gasteiger partial charge in [-0.05, 0) is 12.1 Å². The number of carbonyl (C=O) groups is 2. The number of carbonyl (C=O) groups excluding carboxylic acids is 1. The average Bonchev–Trinajstić information content (AvgIpc) is 2.27. The lowest BCUT2D eigenvalue weighted by Crippen LogP contribution is -2.44. The van der Waals surface area contributed by atoms with Gasteiger partial charge in [0.2, 0.25) is 0 Å². The minimum Gasteiger partial charge on any atom is -0.480 e. The lowest BCUT2D eigenvalue weighted by molar-refractivity contribution is -0.135. The van der Waals surface area contributed by atoms with Gasteiger partial charge < -0.3 is 10.0 Å². The van der Waals surface area contributed by atoms with Crippen molar-refractivity contribution >= 4 is 17.6 Å². The number of amides is 1. The maximum absolute atomic E-state index is 11.6. The first-order valence-electron chi connectivity index (χ1n) is 5.47. The number of hydrogen-bond acceptors (Lipinski definition) is 4. The Kier molecular flexibility index (Phi) is 5.13. The molecule has 0 fully saturated rings. The molecule has 98 valence electrons. The number of hydrazine groups is 1. The summed E-state index contributed by atoms with van der Waals surface area (Å²) in [6, 6.07) is 8.97. The molecular formula is C12H17N3O3. The zero-order chi connectivity index (χ0) is 13.5. The van der Waals surface area contributed by atoms with Crippen molar-refractivity contribution in [1.82, 2.24) is 10.4 Å². The van der Waals surface area contributed by atoms with Crippen LogP contribution < -0.4 is 10.3 Å². The highest BCUT2D eigenvalue weighted by molar-refractivity contribution is 5.83. The molecule has 0 aliphatic rings. The van der Waals surface area contributed by atoms with Crippen LogP contribution in [0.25, 0.3) is 0 Å². The Bertz CT molecular complexity index is 406. The van der Waals surface area contributed by atoms with Gasteiger partial charge in [-0.3, -0.25) is 15.0 Å². The second kappa shape index (κ2) is 6.61. The van der Waals surface area contributed by atoms with Crippen LogP contribution in [-0.2, 0) is 9.59 Å². The number of rotatable bonds is 6. The molecule has 0 aliphatic carbocycles. The first-order valence-corrected chi connectivity index (χ1v) is 5.47. The molecule has 0 unspecified atom stereocenters. The highest BCUT2D eigenvalue weighted by atomic mass is 16.4. The molecule has 1 aromatic carbocycles. The zero-order valence-electron chi connectivity index (χ0n) is 10.5. The fraction of sp³-hybridized carbons (Fsp3) is 0.333. The van der Waals surface area contributed by atoms with Gasteiger partial charge in [-0.2, -0.15) is 0 Å². The van der Waals surface area contributed by atoms with Gasteiger partial charge in [0.15, 0.2) is 0 Å². The zero-order valence-corrected chi connectivity index (χ0v) is 10.5. The quantitative estimate of drug-likeness (QED) is 0.705. The van der Waals surface area contributed by atoms with E-state index in [0.29, 0.717) is 5.69 Å². The fourth-order valence-corrected chi connectivity index (χ4v) is 1.50. The Balaban J connectivity index is 2.73. The molecular weight excluding hydrogens is 234 g/mol. The SMILES string of the molecule is CN(C)NC(=O)CN(CC(=O)O)c1ccccc1. The summed E-state index contributed by atoms with van der Waals surface area (Å²) in [6.45, 7) is -0.223. The van der Waals surface area contributed by atoms with Crippen molar-refractivity contribution in [3.63, 3.8) is 0 Å². The highest BCUT2D eigenvalue weighted by Gasteiger charge is 2.14. The molecule has 1 aromatic rings. The van der Waals surface area contributed by atoms with E-state index in [1.807, 2.05) is 6.07 Å². The van der Waals surface area contributed by atoms with Crippen LogP contribution in [0.1, 0.15) is 0 Å². The third kappa shape index (κ3) is 4.84. The van der Waals surface area contributed by atoms with Crippen molar-refractivity contribution in [2.45, 2.75) is 0 Å². The van der Waals surface area contributed by atoms with Gasteiger partial charge in [-0.1, -0.05) is 18.2 Å². The normalized spacial score (nSPS) is 10.2. The van der Waals surface area contributed by atoms with E-state index in [4.69, 9.17) is 5.11 Å². The van der Waals surface area contributed by atoms with Gasteiger partial charge in [0.25, 0.3) is 5.91 Å². The van der Waals surface area contributed by atoms with Gasteiger partial charge in [0.1, 0.15) is 6.54 Å². The van der Waals surface area contributed by atoms with Crippen molar-refractivity contribution < 1.29 is 14.7 Å². The number of carboxylic acid groups (broad SMARTS) is 1. The number of para-hydroxylation sites is 1. The number of nitrogens with one attached hydrogen (secondary N) is 1. The molecule has 0 saturated carbocycles. The molecule has 0 bridgehead atoms. The van der Waals surface area contributed by atoms with Crippen LogP contribution in [-0.4, -0.2) is 49.2 Å². The van der Waals surface area contributed by atoms with E-state index in [0.717, 1.165) is 0 Å². The lowest BCUT2D eigenvalue weighted by Gasteiger charge is -2.23. The summed E-state index contributed by atoms with van der Waals surface area (Å²) in [5, 5.41) is 10.4. The fourth-order valence-electron chi connectivity index (χ4n) is 1.50. The van der Waals surface area contributed by atoms with E-state index < -0.39 is 5.97 Å². The van der Waals surface area contributed by atoms with Crippen LogP contribution in [0.5, 0.6) is 0 Å². The highest BCUT2D eigenvalue weighted by Crippen LogP contribution is 2.12. The van der Waals surface area contributed by atoms with E-state index in [1.54, 1.807) is 38.4 Å². The van der Waals surface area contributed by atoms with Crippen molar-refractivity contribution in [3.8, 4) is 0 Å². The Morgan fingerprint density at radius 1 is 1.17 bits per heavy atom. The van der Waals surface area contributed by atoms with E-state index in [1.165, 1.54) is 9.91 Å². The minimum atomic E-state index is -0.975. The Morgan fingerprint density at radius 3 is 2.28 bits per heavy atom. The van der Waals surface area contributed by atoms with Crippen LogP contribution in [0.3, 0.4) is 0 Å². The van der Waals surface area contributed by atoms with Gasteiger partial charge in [-0.25, -0.2) is 5.01 Å². The summed E-state index contributed by atoms with van der Waals surface area (Å²) in [7, 11) is 3.39. The maximum Gasteiger partial charge on any atom is 0.323 e. The second-order valence-electron chi connectivity index (χ2n) is 4.01. The summed E-state index contributed by atoms with van der Waals surface area (Å²) in [5.41, 5.74) is 3.28. The van der Waals surface area contributed by atoms with Crippen molar-refractivity contribution in [2.24, 2.45) is 0 Å². The van der Waals surface area contributed by atoms with Crippen LogP contribution in [0, 0.1) is 0 Å². The Labute approximate surface area is 106 Å². The summed E-state index contributed by atoms with van der Waals surface area (Å²) in [5.74, 6) is -1.23. The molecule has 0 spiro atoms. The van der Waals surface area contributed by atoms with Gasteiger partial charge in [-0.15, -0.1) is 0 Å². The van der Waals surface area contributed by atoms with E-state index in [-0.39, 0.29) is 19.0 Å². The third-order valence-corrected chi connectivity index (χ3v) is 2.13. The average molecular weight is 251 g/mol. The number of aliphatic carboxylic acids is 1. The molecule has 1 rings (SSSR count). The predicted octanol–water partition coefficient (Wildman–Crippen LogP) is 0.170. The topological polar surface area (TPSA) is 72.9 Å². The molecule has 18 heavy (non-hydrogen) atoms. The minimum absolute atomic E-state index is 0.00546. The van der Waals surface area contributed by atoms with Crippen LogP contribution in [0.2, 0.25) is 0 Å². The van der Waals surface area contributed by atoms with Crippen LogP contribution >= 0.6 is 0 Å². The second-order valence-corrected chi connectivity index (χ2v) is 4.01. The first-order chi connectivity index (χ1) is 8.49. The van der Waals surface area contributed by atoms with Crippen molar-refractivity contribution in [2.75, 3.05) is 32.1 Å². The smallest absolute Gasteiger partial charge is 0.323 e. The third-order valence-electron chi connectivity index (χ3n) is 2.13. The predicted molar refractivity (Wildman–Crippen MR) is 68.1 cm³/mol. The van der Waals surface area contributed by atoms with Gasteiger partial charge in [0.05, 0.1) is 6.54 Å². The molecule has 0 saturated heterocycles. The molecule has 1 amide bonds. The number of carboxylic acids is 1. The standard InChI is InChI=1S/C12H17N3O3/c1-14(2)13-11(16)8-15(9-12(17)18)10-6-4-3-5-7-10/h3-7H,8-9H2,1-2H3,(H,13,16)(H,17,18). The van der Waals surface area contributed by atoms with Crippen molar-refractivity contribution in [1.29, 1.82) is 0 Å². The van der Waals surface area contributed by atoms with Gasteiger partial charge >= 0.3 is 5.97 Å². The lowest BCUT2D eigenvalue weighted by atomic mass is 10.3. The maximum atomic E-state index is 11.6. The summed E-state index contributed by atoms with van der Waals surface area (Å²) in [6.07, 6.45) is 0. The largest absolute Gasteiger partial charge is 0.480 e. The first kappa shape index (κ1) is 14.0. The molecule has 6 nitrogen and oxygen atoms in total. The molecule has 0 heterocycles.